The smallest absolute Gasteiger partial charge is 0.255 e. The van der Waals surface area contributed by atoms with Crippen LogP contribution in [0.5, 0.6) is 0 Å². The van der Waals surface area contributed by atoms with Gasteiger partial charge < -0.3 is 10.2 Å². The van der Waals surface area contributed by atoms with Gasteiger partial charge in [-0.25, -0.2) is 4.98 Å². The van der Waals surface area contributed by atoms with Crippen LogP contribution in [-0.4, -0.2) is 40.8 Å². The molecule has 3 aromatic carbocycles. The number of aromatic nitrogens is 2. The Morgan fingerprint density at radius 3 is 2.38 bits per heavy atom. The molecule has 160 valence electrons. The molecule has 0 aliphatic carbocycles. The highest BCUT2D eigenvalue weighted by Crippen LogP contribution is 2.30. The normalized spacial score (nSPS) is 10.8. The largest absolute Gasteiger partial charge is 0.345 e. The summed E-state index contributed by atoms with van der Waals surface area (Å²) >= 11 is 12.6. The molecule has 1 heterocycles. The van der Waals surface area contributed by atoms with E-state index in [1.165, 1.54) is 17.0 Å². The van der Waals surface area contributed by atoms with E-state index in [1.54, 1.807) is 44.6 Å². The number of rotatable bonds is 4. The zero-order chi connectivity index (χ0) is 22.8. The van der Waals surface area contributed by atoms with Crippen LogP contribution in [0.2, 0.25) is 10.0 Å². The Morgan fingerprint density at radius 1 is 0.906 bits per heavy atom. The number of benzene rings is 3. The molecule has 1 aromatic heterocycles. The van der Waals surface area contributed by atoms with E-state index >= 15 is 0 Å². The lowest BCUT2D eigenvalue weighted by Gasteiger charge is -2.13. The van der Waals surface area contributed by atoms with Crippen LogP contribution in [-0.2, 0) is 0 Å². The second-order valence-corrected chi connectivity index (χ2v) is 8.10. The number of nitrogens with zero attached hydrogens (tertiary/aromatic N) is 3. The van der Waals surface area contributed by atoms with Gasteiger partial charge in [0.15, 0.2) is 0 Å². The third-order valence-electron chi connectivity index (χ3n) is 4.82. The van der Waals surface area contributed by atoms with Crippen LogP contribution in [0.3, 0.4) is 0 Å². The molecule has 0 fully saturated rings. The van der Waals surface area contributed by atoms with Crippen molar-refractivity contribution in [2.24, 2.45) is 0 Å². The summed E-state index contributed by atoms with van der Waals surface area (Å²) in [5.74, 6) is -0.602. The summed E-state index contributed by atoms with van der Waals surface area (Å²) in [6, 6.07) is 17.2. The highest BCUT2D eigenvalue weighted by molar-refractivity contribution is 6.34. The van der Waals surface area contributed by atoms with Gasteiger partial charge in [-0.15, -0.1) is 0 Å². The van der Waals surface area contributed by atoms with Crippen molar-refractivity contribution >= 4 is 51.7 Å². The molecule has 0 bridgehead atoms. The number of carbonyl (C=O) groups is 2. The number of hydrogen-bond acceptors (Lipinski definition) is 4. The summed E-state index contributed by atoms with van der Waals surface area (Å²) < 4.78 is 0. The Kier molecular flexibility index (Phi) is 6.08. The van der Waals surface area contributed by atoms with Gasteiger partial charge in [-0.1, -0.05) is 35.3 Å². The molecule has 0 atom stereocenters. The number of hydrogen-bond donors (Lipinski definition) is 1. The molecule has 4 rings (SSSR count). The molecule has 0 aliphatic rings. The molecule has 0 spiro atoms. The summed E-state index contributed by atoms with van der Waals surface area (Å²) in [6.07, 6.45) is 1.65. The van der Waals surface area contributed by atoms with E-state index in [0.717, 1.165) is 11.0 Å². The van der Waals surface area contributed by atoms with Gasteiger partial charge in [-0.05, 0) is 48.5 Å². The maximum atomic E-state index is 12.8. The summed E-state index contributed by atoms with van der Waals surface area (Å²) in [7, 11) is 3.27. The van der Waals surface area contributed by atoms with Crippen LogP contribution in [0.1, 0.15) is 20.7 Å². The predicted molar refractivity (Wildman–Crippen MR) is 127 cm³/mol. The van der Waals surface area contributed by atoms with Crippen molar-refractivity contribution in [1.29, 1.82) is 0 Å². The first kappa shape index (κ1) is 21.7. The standard InChI is InChI=1S/C24H18Cl2N4O2/c1-30(2)24(32)16-9-7-14(11-19(16)26)23(31)28-15-8-10-18(25)17(12-15)22-13-27-20-5-3-4-6-21(20)29-22/h3-13H,1-2H3,(H,28,31). The predicted octanol–water partition coefficient (Wildman–Crippen LogP) is 5.56. The summed E-state index contributed by atoms with van der Waals surface area (Å²) in [5, 5.41) is 3.53. The Labute approximate surface area is 194 Å². The minimum Gasteiger partial charge on any atom is -0.345 e. The van der Waals surface area contributed by atoms with Gasteiger partial charge in [-0.3, -0.25) is 14.6 Å². The Balaban J connectivity index is 1.60. The van der Waals surface area contributed by atoms with Crippen molar-refractivity contribution < 1.29 is 9.59 Å². The summed E-state index contributed by atoms with van der Waals surface area (Å²) in [4.78, 5) is 35.4. The van der Waals surface area contributed by atoms with Crippen LogP contribution in [0.4, 0.5) is 5.69 Å². The molecule has 1 N–H and O–H groups in total. The van der Waals surface area contributed by atoms with Gasteiger partial charge in [0.25, 0.3) is 11.8 Å². The van der Waals surface area contributed by atoms with Crippen molar-refractivity contribution in [3.63, 3.8) is 0 Å². The van der Waals surface area contributed by atoms with E-state index < -0.39 is 0 Å². The van der Waals surface area contributed by atoms with E-state index in [9.17, 15) is 9.59 Å². The molecule has 0 aliphatic heterocycles. The van der Waals surface area contributed by atoms with Crippen molar-refractivity contribution in [3.8, 4) is 11.3 Å². The van der Waals surface area contributed by atoms with Gasteiger partial charge >= 0.3 is 0 Å². The lowest BCUT2D eigenvalue weighted by atomic mass is 10.1. The van der Waals surface area contributed by atoms with Crippen LogP contribution >= 0.6 is 23.2 Å². The van der Waals surface area contributed by atoms with Crippen LogP contribution in [0.25, 0.3) is 22.3 Å². The van der Waals surface area contributed by atoms with E-state index in [1.807, 2.05) is 24.3 Å². The third-order valence-corrected chi connectivity index (χ3v) is 5.46. The average Bonchev–Trinajstić information content (AvgIpc) is 2.79. The van der Waals surface area contributed by atoms with E-state index in [2.05, 4.69) is 15.3 Å². The third kappa shape index (κ3) is 4.42. The summed E-state index contributed by atoms with van der Waals surface area (Å²) in [6.45, 7) is 0. The minimum atomic E-state index is -0.367. The van der Waals surface area contributed by atoms with Crippen LogP contribution < -0.4 is 5.32 Å². The molecule has 0 saturated carbocycles. The van der Waals surface area contributed by atoms with Crippen molar-refractivity contribution in [2.45, 2.75) is 0 Å². The molecule has 0 saturated heterocycles. The van der Waals surface area contributed by atoms with Crippen molar-refractivity contribution in [2.75, 3.05) is 19.4 Å². The molecule has 8 heteroatoms. The highest BCUT2D eigenvalue weighted by atomic mass is 35.5. The first-order valence-corrected chi connectivity index (χ1v) is 10.4. The Hall–Kier alpha value is -3.48. The van der Waals surface area contributed by atoms with Crippen LogP contribution in [0, 0.1) is 0 Å². The monoisotopic (exact) mass is 464 g/mol. The Morgan fingerprint density at radius 2 is 1.66 bits per heavy atom. The van der Waals surface area contributed by atoms with Crippen molar-refractivity contribution in [3.05, 3.63) is 88.0 Å². The molecule has 2 amide bonds. The van der Waals surface area contributed by atoms with Gasteiger partial charge in [0.05, 0.1) is 38.5 Å². The fourth-order valence-corrected chi connectivity index (χ4v) is 3.64. The van der Waals surface area contributed by atoms with Gasteiger partial charge in [-0.2, -0.15) is 0 Å². The molecule has 0 unspecified atom stereocenters. The number of nitrogens with one attached hydrogen (secondary N) is 1. The van der Waals surface area contributed by atoms with Crippen molar-refractivity contribution in [1.82, 2.24) is 14.9 Å². The fraction of sp³-hybridized carbons (Fsp3) is 0.0833. The lowest BCUT2D eigenvalue weighted by Crippen LogP contribution is -2.22. The molecular formula is C24H18Cl2N4O2. The number of para-hydroxylation sites is 2. The number of amides is 2. The number of carbonyl (C=O) groups excluding carboxylic acids is 2. The maximum absolute atomic E-state index is 12.8. The molecule has 6 nitrogen and oxygen atoms in total. The fourth-order valence-electron chi connectivity index (χ4n) is 3.16. The SMILES string of the molecule is CN(C)C(=O)c1ccc(C(=O)Nc2ccc(Cl)c(-c3cnc4ccccc4n3)c2)cc1Cl. The van der Waals surface area contributed by atoms with E-state index in [4.69, 9.17) is 23.2 Å². The number of fused-ring (bicyclic) bond motifs is 1. The summed E-state index contributed by atoms with van der Waals surface area (Å²) in [5.41, 5.74) is 3.97. The number of halogens is 2. The van der Waals surface area contributed by atoms with Gasteiger partial charge in [0, 0.05) is 30.9 Å². The molecule has 0 radical (unpaired) electrons. The lowest BCUT2D eigenvalue weighted by molar-refractivity contribution is 0.0827. The maximum Gasteiger partial charge on any atom is 0.255 e. The molecular weight excluding hydrogens is 447 g/mol. The van der Waals surface area contributed by atoms with Gasteiger partial charge in [0.1, 0.15) is 0 Å². The van der Waals surface area contributed by atoms with Crippen LogP contribution in [0.15, 0.2) is 66.9 Å². The first-order valence-electron chi connectivity index (χ1n) is 9.68. The second kappa shape index (κ2) is 8.94. The first-order chi connectivity index (χ1) is 15.3. The topological polar surface area (TPSA) is 75.2 Å². The number of anilines is 1. The average molecular weight is 465 g/mol. The molecule has 32 heavy (non-hydrogen) atoms. The van der Waals surface area contributed by atoms with Gasteiger partial charge in [0.2, 0.25) is 0 Å². The van der Waals surface area contributed by atoms with E-state index in [0.29, 0.717) is 33.1 Å². The second-order valence-electron chi connectivity index (χ2n) is 7.29. The van der Waals surface area contributed by atoms with E-state index in [-0.39, 0.29) is 16.8 Å². The zero-order valence-corrected chi connectivity index (χ0v) is 18.8. The quantitative estimate of drug-likeness (QED) is 0.429. The Bertz CT molecular complexity index is 1360. The highest BCUT2D eigenvalue weighted by Gasteiger charge is 2.16. The molecule has 4 aromatic rings. The zero-order valence-electron chi connectivity index (χ0n) is 17.3. The minimum absolute atomic E-state index is 0.208.